The monoisotopic (exact) mass is 383 g/mol. The maximum Gasteiger partial charge on any atom is 0.183 e. The van der Waals surface area contributed by atoms with Gasteiger partial charge in [-0.1, -0.05) is 41.5 Å². The Kier molecular flexibility index (Phi) is 5.98. The molecule has 0 radical (unpaired) electrons. The molecular formula is C22H33N3OSi. The number of hydrogen-bond acceptors (Lipinski definition) is 3. The van der Waals surface area contributed by atoms with Gasteiger partial charge in [0, 0.05) is 18.8 Å². The summed E-state index contributed by atoms with van der Waals surface area (Å²) in [6, 6.07) is 6.44. The van der Waals surface area contributed by atoms with Crippen molar-refractivity contribution in [2.24, 2.45) is 0 Å². The summed E-state index contributed by atoms with van der Waals surface area (Å²) >= 11 is 0. The molecule has 146 valence electrons. The molecule has 0 aliphatic carbocycles. The summed E-state index contributed by atoms with van der Waals surface area (Å²) in [5.41, 5.74) is 8.91. The molecule has 0 amide bonds. The molecule has 1 N–H and O–H groups in total. The number of anilines is 1. The highest BCUT2D eigenvalue weighted by Crippen LogP contribution is 2.40. The minimum Gasteiger partial charge on any atom is -0.378 e. The van der Waals surface area contributed by atoms with Gasteiger partial charge in [-0.2, -0.15) is 0 Å². The standard InChI is InChI=1S/C22H33N3OSi/c1-16(2)27(17(3)4,18(5)6)14-9-22-23-20-8-7-19(15-21(20)24-22)25-10-12-26-13-11-25/h7-8,15-18H,10-13H2,1-6H3,(H,23,24). The fourth-order valence-electron chi connectivity index (χ4n) is 4.68. The average Bonchev–Trinajstić information content (AvgIpc) is 3.04. The Morgan fingerprint density at radius 3 is 2.26 bits per heavy atom. The van der Waals surface area contributed by atoms with Gasteiger partial charge in [-0.05, 0) is 40.7 Å². The van der Waals surface area contributed by atoms with E-state index in [4.69, 9.17) is 9.72 Å². The van der Waals surface area contributed by atoms with Crippen molar-refractivity contribution in [1.82, 2.24) is 9.97 Å². The van der Waals surface area contributed by atoms with E-state index in [0.29, 0.717) is 16.6 Å². The summed E-state index contributed by atoms with van der Waals surface area (Å²) in [6.07, 6.45) is 0. The van der Waals surface area contributed by atoms with Crippen LogP contribution in [0.1, 0.15) is 47.4 Å². The van der Waals surface area contributed by atoms with E-state index >= 15 is 0 Å². The summed E-state index contributed by atoms with van der Waals surface area (Å²) in [7, 11) is -1.74. The maximum atomic E-state index is 5.46. The van der Waals surface area contributed by atoms with Gasteiger partial charge in [-0.3, -0.25) is 0 Å². The molecule has 0 atom stereocenters. The number of hydrogen-bond donors (Lipinski definition) is 1. The van der Waals surface area contributed by atoms with Crippen molar-refractivity contribution in [2.45, 2.75) is 58.2 Å². The Balaban J connectivity index is 1.93. The highest BCUT2D eigenvalue weighted by Gasteiger charge is 2.41. The molecule has 2 heterocycles. The number of nitrogens with zero attached hydrogens (tertiary/aromatic N) is 2. The Labute approximate surface area is 164 Å². The fourth-order valence-corrected chi connectivity index (χ4v) is 9.88. The first-order valence-electron chi connectivity index (χ1n) is 10.2. The third kappa shape index (κ3) is 3.92. The Morgan fingerprint density at radius 1 is 1.04 bits per heavy atom. The molecule has 4 nitrogen and oxygen atoms in total. The molecule has 2 aromatic rings. The van der Waals surface area contributed by atoms with Gasteiger partial charge in [0.15, 0.2) is 5.82 Å². The Hall–Kier alpha value is -1.77. The van der Waals surface area contributed by atoms with Crippen molar-refractivity contribution in [3.8, 4) is 11.5 Å². The first-order chi connectivity index (χ1) is 12.8. The molecule has 27 heavy (non-hydrogen) atoms. The summed E-state index contributed by atoms with van der Waals surface area (Å²) < 4.78 is 5.46. The summed E-state index contributed by atoms with van der Waals surface area (Å²) in [6.45, 7) is 17.5. The van der Waals surface area contributed by atoms with Gasteiger partial charge < -0.3 is 14.6 Å². The molecule has 3 rings (SSSR count). The molecule has 1 aliphatic rings. The fraction of sp³-hybridized carbons (Fsp3) is 0.591. The third-order valence-electron chi connectivity index (χ3n) is 6.11. The third-order valence-corrected chi connectivity index (χ3v) is 12.4. The molecular weight excluding hydrogens is 350 g/mol. The molecule has 1 aromatic carbocycles. The maximum absolute atomic E-state index is 5.46. The van der Waals surface area contributed by atoms with Crippen molar-refractivity contribution in [2.75, 3.05) is 31.2 Å². The van der Waals surface area contributed by atoms with Crippen LogP contribution in [0, 0.1) is 11.5 Å². The van der Waals surface area contributed by atoms with Crippen LogP contribution in [0.3, 0.4) is 0 Å². The number of H-pyrrole nitrogens is 1. The van der Waals surface area contributed by atoms with E-state index in [1.54, 1.807) is 0 Å². The van der Waals surface area contributed by atoms with Crippen LogP contribution >= 0.6 is 0 Å². The molecule has 0 spiro atoms. The normalized spacial score (nSPS) is 15.7. The van der Waals surface area contributed by atoms with E-state index in [1.807, 2.05) is 0 Å². The predicted octanol–water partition coefficient (Wildman–Crippen LogP) is 4.97. The number of benzene rings is 1. The summed E-state index contributed by atoms with van der Waals surface area (Å²) in [5, 5.41) is 0. The number of nitrogens with one attached hydrogen (secondary N) is 1. The molecule has 1 aromatic heterocycles. The second-order valence-corrected chi connectivity index (χ2v) is 14.1. The Morgan fingerprint density at radius 2 is 1.67 bits per heavy atom. The smallest absolute Gasteiger partial charge is 0.183 e. The van der Waals surface area contributed by atoms with Crippen LogP contribution in [-0.4, -0.2) is 44.3 Å². The molecule has 0 bridgehead atoms. The zero-order valence-corrected chi connectivity index (χ0v) is 18.6. The van der Waals surface area contributed by atoms with E-state index in [1.165, 1.54) is 5.69 Å². The van der Waals surface area contributed by atoms with Crippen molar-refractivity contribution in [3.63, 3.8) is 0 Å². The Bertz CT molecular complexity index is 816. The SMILES string of the molecule is CC(C)[Si](C#Cc1nc2ccc(N3CCOCC3)cc2[nH]1)(C(C)C)C(C)C. The second-order valence-electron chi connectivity index (χ2n) is 8.53. The van der Waals surface area contributed by atoms with Crippen LogP contribution < -0.4 is 4.90 Å². The molecule has 0 unspecified atom stereocenters. The van der Waals surface area contributed by atoms with Crippen LogP contribution in [0.4, 0.5) is 5.69 Å². The molecule has 5 heteroatoms. The number of aromatic amines is 1. The minimum absolute atomic E-state index is 0.627. The van der Waals surface area contributed by atoms with Gasteiger partial charge in [0.25, 0.3) is 0 Å². The van der Waals surface area contributed by atoms with Crippen LogP contribution in [0.25, 0.3) is 11.0 Å². The van der Waals surface area contributed by atoms with E-state index in [9.17, 15) is 0 Å². The summed E-state index contributed by atoms with van der Waals surface area (Å²) in [5.74, 6) is 4.22. The summed E-state index contributed by atoms with van der Waals surface area (Å²) in [4.78, 5) is 10.5. The molecule has 0 saturated carbocycles. The number of aromatic nitrogens is 2. The van der Waals surface area contributed by atoms with E-state index < -0.39 is 8.07 Å². The minimum atomic E-state index is -1.74. The van der Waals surface area contributed by atoms with Crippen molar-refractivity contribution in [3.05, 3.63) is 24.0 Å². The highest BCUT2D eigenvalue weighted by molar-refractivity contribution is 6.90. The number of morpholine rings is 1. The van der Waals surface area contributed by atoms with E-state index in [0.717, 1.165) is 43.2 Å². The van der Waals surface area contributed by atoms with Crippen LogP contribution in [0.2, 0.25) is 16.6 Å². The number of imidazole rings is 1. The van der Waals surface area contributed by atoms with Gasteiger partial charge in [-0.15, -0.1) is 5.54 Å². The van der Waals surface area contributed by atoms with E-state index in [-0.39, 0.29) is 0 Å². The van der Waals surface area contributed by atoms with Gasteiger partial charge in [-0.25, -0.2) is 4.98 Å². The molecule has 1 fully saturated rings. The van der Waals surface area contributed by atoms with Crippen molar-refractivity contribution < 1.29 is 4.74 Å². The lowest BCUT2D eigenvalue weighted by atomic mass is 10.2. The van der Waals surface area contributed by atoms with Gasteiger partial charge in [0.2, 0.25) is 0 Å². The molecule has 1 aliphatic heterocycles. The first kappa shape index (κ1) is 20.0. The number of rotatable bonds is 4. The quantitative estimate of drug-likeness (QED) is 0.599. The average molecular weight is 384 g/mol. The number of ether oxygens (including phenoxy) is 1. The van der Waals surface area contributed by atoms with Gasteiger partial charge in [0.05, 0.1) is 24.2 Å². The topological polar surface area (TPSA) is 41.2 Å². The lowest BCUT2D eigenvalue weighted by Crippen LogP contribution is -2.43. The zero-order chi connectivity index (χ0) is 19.6. The van der Waals surface area contributed by atoms with Gasteiger partial charge in [0.1, 0.15) is 8.07 Å². The van der Waals surface area contributed by atoms with Crippen LogP contribution in [0.5, 0.6) is 0 Å². The van der Waals surface area contributed by atoms with E-state index in [2.05, 4.69) is 81.1 Å². The first-order valence-corrected chi connectivity index (χ1v) is 12.4. The van der Waals surface area contributed by atoms with Crippen molar-refractivity contribution >= 4 is 24.8 Å². The lowest BCUT2D eigenvalue weighted by Gasteiger charge is -2.37. The second kappa shape index (κ2) is 8.08. The van der Waals surface area contributed by atoms with Crippen molar-refractivity contribution in [1.29, 1.82) is 0 Å². The zero-order valence-electron chi connectivity index (χ0n) is 17.6. The van der Waals surface area contributed by atoms with Gasteiger partial charge >= 0.3 is 0 Å². The van der Waals surface area contributed by atoms with Crippen LogP contribution in [-0.2, 0) is 4.74 Å². The largest absolute Gasteiger partial charge is 0.378 e. The van der Waals surface area contributed by atoms with Crippen LogP contribution in [0.15, 0.2) is 18.2 Å². The lowest BCUT2D eigenvalue weighted by molar-refractivity contribution is 0.122. The predicted molar refractivity (Wildman–Crippen MR) is 117 cm³/mol. The number of fused-ring (bicyclic) bond motifs is 1. The highest BCUT2D eigenvalue weighted by atomic mass is 28.3. The molecule has 1 saturated heterocycles.